The lowest BCUT2D eigenvalue weighted by Gasteiger charge is -2.20. The summed E-state index contributed by atoms with van der Waals surface area (Å²) in [5.41, 5.74) is 4.17. The van der Waals surface area contributed by atoms with Crippen LogP contribution < -0.4 is 5.32 Å². The van der Waals surface area contributed by atoms with Crippen LogP contribution >= 0.6 is 15.9 Å². The van der Waals surface area contributed by atoms with E-state index < -0.39 is 0 Å². The summed E-state index contributed by atoms with van der Waals surface area (Å²) in [4.78, 5) is 4.42. The minimum absolute atomic E-state index is 0.147. The van der Waals surface area contributed by atoms with Crippen molar-refractivity contribution in [3.63, 3.8) is 0 Å². The van der Waals surface area contributed by atoms with Crippen molar-refractivity contribution in [3.05, 3.63) is 63.1 Å². The van der Waals surface area contributed by atoms with Crippen LogP contribution in [0.4, 0.5) is 4.39 Å². The Hall–Kier alpha value is -1.26. The van der Waals surface area contributed by atoms with Gasteiger partial charge in [0.25, 0.3) is 0 Å². The number of pyridine rings is 1. The number of nitrogens with one attached hydrogen (secondary N) is 1. The predicted molar refractivity (Wildman–Crippen MR) is 87.9 cm³/mol. The second-order valence-corrected chi connectivity index (χ2v) is 6.09. The average molecular weight is 351 g/mol. The quantitative estimate of drug-likeness (QED) is 0.858. The lowest BCUT2D eigenvalue weighted by Crippen LogP contribution is -2.23. The molecule has 0 saturated carbocycles. The Morgan fingerprint density at radius 2 is 1.86 bits per heavy atom. The Balaban J connectivity index is 2.32. The maximum absolute atomic E-state index is 13.5. The van der Waals surface area contributed by atoms with Gasteiger partial charge in [0.1, 0.15) is 5.82 Å². The van der Waals surface area contributed by atoms with Crippen LogP contribution in [0.3, 0.4) is 0 Å². The van der Waals surface area contributed by atoms with Crippen molar-refractivity contribution in [3.8, 4) is 0 Å². The SMILES string of the molecule is CCNC(Cc1cc(F)ccc1Br)c1cc(C)nc(C)c1. The van der Waals surface area contributed by atoms with Crippen LogP contribution in [0.2, 0.25) is 0 Å². The lowest BCUT2D eigenvalue weighted by atomic mass is 9.98. The normalized spacial score (nSPS) is 12.4. The number of nitrogens with zero attached hydrogens (tertiary/aromatic N) is 1. The van der Waals surface area contributed by atoms with Crippen LogP contribution in [0.1, 0.15) is 35.5 Å². The number of likely N-dealkylation sites (N-methyl/N-ethyl adjacent to an activating group) is 1. The van der Waals surface area contributed by atoms with Crippen molar-refractivity contribution in [2.24, 2.45) is 0 Å². The molecular weight excluding hydrogens is 331 g/mol. The summed E-state index contributed by atoms with van der Waals surface area (Å²) in [6.45, 7) is 6.93. The van der Waals surface area contributed by atoms with Crippen molar-refractivity contribution in [2.75, 3.05) is 6.54 Å². The molecule has 112 valence electrons. The summed E-state index contributed by atoms with van der Waals surface area (Å²) in [5, 5.41) is 3.48. The number of rotatable bonds is 5. The lowest BCUT2D eigenvalue weighted by molar-refractivity contribution is 0.544. The number of aromatic nitrogens is 1. The molecule has 0 aliphatic carbocycles. The molecule has 0 radical (unpaired) electrons. The van der Waals surface area contributed by atoms with E-state index in [1.807, 2.05) is 13.8 Å². The van der Waals surface area contributed by atoms with Crippen molar-refractivity contribution >= 4 is 15.9 Å². The van der Waals surface area contributed by atoms with Gasteiger partial charge in [0, 0.05) is 21.9 Å². The third-order valence-electron chi connectivity index (χ3n) is 3.39. The van der Waals surface area contributed by atoms with Crippen LogP contribution in [-0.4, -0.2) is 11.5 Å². The van der Waals surface area contributed by atoms with Crippen molar-refractivity contribution in [2.45, 2.75) is 33.2 Å². The summed E-state index contributed by atoms with van der Waals surface area (Å²) >= 11 is 3.50. The molecule has 1 N–H and O–H groups in total. The van der Waals surface area contributed by atoms with Gasteiger partial charge in [0.05, 0.1) is 0 Å². The molecule has 1 aromatic carbocycles. The molecule has 21 heavy (non-hydrogen) atoms. The highest BCUT2D eigenvalue weighted by atomic mass is 79.9. The first-order valence-corrected chi connectivity index (χ1v) is 7.91. The minimum atomic E-state index is -0.203. The standard InChI is InChI=1S/C17H20BrFN2/c1-4-20-17(14-7-11(2)21-12(3)8-14)10-13-9-15(19)5-6-16(13)18/h5-9,17,20H,4,10H2,1-3H3. The van der Waals surface area contributed by atoms with E-state index in [9.17, 15) is 4.39 Å². The number of hydrogen-bond donors (Lipinski definition) is 1. The molecule has 0 saturated heterocycles. The average Bonchev–Trinajstić information content (AvgIpc) is 2.41. The number of benzene rings is 1. The molecular formula is C17H20BrFN2. The zero-order valence-electron chi connectivity index (χ0n) is 12.6. The van der Waals surface area contributed by atoms with E-state index in [-0.39, 0.29) is 11.9 Å². The summed E-state index contributed by atoms with van der Waals surface area (Å²) in [5.74, 6) is -0.203. The fourth-order valence-electron chi connectivity index (χ4n) is 2.54. The molecule has 0 aliphatic heterocycles. The first kappa shape index (κ1) is 16.1. The Morgan fingerprint density at radius 1 is 1.19 bits per heavy atom. The van der Waals surface area contributed by atoms with Gasteiger partial charge in [-0.3, -0.25) is 4.98 Å². The first-order valence-electron chi connectivity index (χ1n) is 7.12. The molecule has 0 aliphatic rings. The van der Waals surface area contributed by atoms with E-state index in [2.05, 4.69) is 45.3 Å². The second kappa shape index (κ2) is 7.14. The predicted octanol–water partition coefficient (Wildman–Crippen LogP) is 4.49. The number of aryl methyl sites for hydroxylation is 2. The van der Waals surface area contributed by atoms with E-state index in [1.165, 1.54) is 11.6 Å². The Morgan fingerprint density at radius 3 is 2.48 bits per heavy atom. The highest BCUT2D eigenvalue weighted by Gasteiger charge is 2.14. The van der Waals surface area contributed by atoms with E-state index in [0.29, 0.717) is 0 Å². The third kappa shape index (κ3) is 4.35. The van der Waals surface area contributed by atoms with Crippen molar-refractivity contribution < 1.29 is 4.39 Å². The molecule has 1 atom stereocenters. The largest absolute Gasteiger partial charge is 0.310 e. The minimum Gasteiger partial charge on any atom is -0.310 e. The van der Waals surface area contributed by atoms with Crippen LogP contribution in [0, 0.1) is 19.7 Å². The van der Waals surface area contributed by atoms with Crippen LogP contribution in [0.15, 0.2) is 34.8 Å². The van der Waals surface area contributed by atoms with E-state index >= 15 is 0 Å². The van der Waals surface area contributed by atoms with Crippen LogP contribution in [-0.2, 0) is 6.42 Å². The molecule has 0 amide bonds. The van der Waals surface area contributed by atoms with E-state index in [4.69, 9.17) is 0 Å². The number of halogens is 2. The molecule has 0 bridgehead atoms. The van der Waals surface area contributed by atoms with Crippen molar-refractivity contribution in [1.29, 1.82) is 0 Å². The van der Waals surface area contributed by atoms with Crippen molar-refractivity contribution in [1.82, 2.24) is 10.3 Å². The van der Waals surface area contributed by atoms with Gasteiger partial charge in [-0.25, -0.2) is 4.39 Å². The monoisotopic (exact) mass is 350 g/mol. The molecule has 1 aromatic heterocycles. The van der Waals surface area contributed by atoms with Gasteiger partial charge in [-0.15, -0.1) is 0 Å². The van der Waals surface area contributed by atoms with E-state index in [1.54, 1.807) is 12.1 Å². The van der Waals surface area contributed by atoms with Gasteiger partial charge in [0.15, 0.2) is 0 Å². The molecule has 2 rings (SSSR count). The van der Waals surface area contributed by atoms with E-state index in [0.717, 1.165) is 34.4 Å². The Labute approximate surface area is 133 Å². The molecule has 0 spiro atoms. The van der Waals surface area contributed by atoms with Gasteiger partial charge in [-0.1, -0.05) is 22.9 Å². The Kier molecular flexibility index (Phi) is 5.48. The van der Waals surface area contributed by atoms with Gasteiger partial charge in [-0.05, 0) is 68.3 Å². The highest BCUT2D eigenvalue weighted by molar-refractivity contribution is 9.10. The van der Waals surface area contributed by atoms with Crippen LogP contribution in [0.5, 0.6) is 0 Å². The molecule has 2 nitrogen and oxygen atoms in total. The molecule has 1 heterocycles. The number of hydrogen-bond acceptors (Lipinski definition) is 2. The topological polar surface area (TPSA) is 24.9 Å². The van der Waals surface area contributed by atoms with Gasteiger partial charge in [0.2, 0.25) is 0 Å². The molecule has 1 unspecified atom stereocenters. The zero-order valence-corrected chi connectivity index (χ0v) is 14.2. The van der Waals surface area contributed by atoms with Gasteiger partial charge >= 0.3 is 0 Å². The summed E-state index contributed by atoms with van der Waals surface area (Å²) in [6.07, 6.45) is 0.731. The summed E-state index contributed by atoms with van der Waals surface area (Å²) in [6, 6.07) is 9.15. The van der Waals surface area contributed by atoms with Gasteiger partial charge < -0.3 is 5.32 Å². The van der Waals surface area contributed by atoms with Gasteiger partial charge in [-0.2, -0.15) is 0 Å². The third-order valence-corrected chi connectivity index (χ3v) is 4.16. The molecule has 4 heteroatoms. The molecule has 0 fully saturated rings. The summed E-state index contributed by atoms with van der Waals surface area (Å²) < 4.78 is 14.4. The summed E-state index contributed by atoms with van der Waals surface area (Å²) in [7, 11) is 0. The fraction of sp³-hybridized carbons (Fsp3) is 0.353. The molecule has 2 aromatic rings. The Bertz CT molecular complexity index is 608. The smallest absolute Gasteiger partial charge is 0.123 e. The fourth-order valence-corrected chi connectivity index (χ4v) is 2.95. The van der Waals surface area contributed by atoms with Crippen LogP contribution in [0.25, 0.3) is 0 Å². The highest BCUT2D eigenvalue weighted by Crippen LogP contribution is 2.25. The maximum Gasteiger partial charge on any atom is 0.123 e. The first-order chi connectivity index (χ1) is 9.99. The maximum atomic E-state index is 13.5. The second-order valence-electron chi connectivity index (χ2n) is 5.23. The zero-order chi connectivity index (χ0) is 15.4.